The summed E-state index contributed by atoms with van der Waals surface area (Å²) in [6.07, 6.45) is 8.89. The number of hydrogen-bond acceptors (Lipinski definition) is 8. The highest BCUT2D eigenvalue weighted by molar-refractivity contribution is 7.99. The van der Waals surface area contributed by atoms with Crippen molar-refractivity contribution < 1.29 is 19.7 Å². The van der Waals surface area contributed by atoms with E-state index in [1.54, 1.807) is 7.11 Å². The Hall–Kier alpha value is -4.63. The van der Waals surface area contributed by atoms with E-state index in [1.807, 2.05) is 30.8 Å². The van der Waals surface area contributed by atoms with Gasteiger partial charge in [-0.2, -0.15) is 0 Å². The highest BCUT2D eigenvalue weighted by Crippen LogP contribution is 2.46. The lowest BCUT2D eigenvalue weighted by atomic mass is 9.86. The molecule has 49 heavy (non-hydrogen) atoms. The average Bonchev–Trinajstić information content (AvgIpc) is 3.83. The van der Waals surface area contributed by atoms with Gasteiger partial charge in [0.05, 0.1) is 41.3 Å². The molecule has 1 fully saturated rings. The molecule has 0 aromatic heterocycles. The summed E-state index contributed by atoms with van der Waals surface area (Å²) in [6.45, 7) is 10.6. The normalized spacial score (nSPS) is 22.8. The Bertz CT molecular complexity index is 2030. The number of aliphatic imine (C=N–C) groups is 3. The van der Waals surface area contributed by atoms with Crippen molar-refractivity contribution in [1.82, 2.24) is 5.32 Å². The molecule has 1 saturated heterocycles. The Kier molecular flexibility index (Phi) is 8.73. The van der Waals surface area contributed by atoms with Crippen molar-refractivity contribution in [3.8, 4) is 5.75 Å². The number of aliphatic hydroxyl groups excluding tert-OH is 1. The summed E-state index contributed by atoms with van der Waals surface area (Å²) < 4.78 is 5.33. The Morgan fingerprint density at radius 3 is 2.37 bits per heavy atom. The van der Waals surface area contributed by atoms with Crippen LogP contribution in [-0.2, 0) is 4.79 Å². The van der Waals surface area contributed by atoms with Crippen LogP contribution < -0.4 is 10.1 Å². The fourth-order valence-corrected chi connectivity index (χ4v) is 8.57. The van der Waals surface area contributed by atoms with Crippen LogP contribution in [0.1, 0.15) is 66.7 Å². The Balaban J connectivity index is 1.35. The number of hydrogen-bond donors (Lipinski definition) is 3. The van der Waals surface area contributed by atoms with Crippen molar-refractivity contribution in [3.63, 3.8) is 0 Å². The van der Waals surface area contributed by atoms with Crippen molar-refractivity contribution in [2.75, 3.05) is 12.9 Å². The minimum Gasteiger partial charge on any atom is -0.511 e. The maximum absolute atomic E-state index is 11.8. The largest absolute Gasteiger partial charge is 0.511 e. The summed E-state index contributed by atoms with van der Waals surface area (Å²) in [6, 6.07) is 8.16. The van der Waals surface area contributed by atoms with Gasteiger partial charge in [0.15, 0.2) is 0 Å². The van der Waals surface area contributed by atoms with Crippen LogP contribution in [0, 0.1) is 11.8 Å². The van der Waals surface area contributed by atoms with E-state index in [9.17, 15) is 15.0 Å². The number of carbonyl (C=O) groups is 1. The van der Waals surface area contributed by atoms with Gasteiger partial charge >= 0.3 is 5.97 Å². The fraction of sp³-hybridized carbons (Fsp3) is 0.350. The second kappa shape index (κ2) is 13.0. The summed E-state index contributed by atoms with van der Waals surface area (Å²) in [4.78, 5) is 28.4. The molecule has 6 aliphatic rings. The van der Waals surface area contributed by atoms with Crippen molar-refractivity contribution in [3.05, 3.63) is 116 Å². The van der Waals surface area contributed by atoms with Gasteiger partial charge in [0.1, 0.15) is 11.5 Å². The van der Waals surface area contributed by atoms with Crippen LogP contribution in [0.25, 0.3) is 0 Å². The molecule has 3 N–H and O–H groups in total. The molecule has 7 rings (SSSR count). The quantitative estimate of drug-likeness (QED) is 0.226. The van der Waals surface area contributed by atoms with E-state index >= 15 is 0 Å². The lowest BCUT2D eigenvalue weighted by molar-refractivity contribution is -0.137. The minimum atomic E-state index is -0.817. The first-order chi connectivity index (χ1) is 23.6. The Morgan fingerprint density at radius 1 is 0.980 bits per heavy atom. The number of fused-ring (bicyclic) bond motifs is 5. The zero-order valence-electron chi connectivity index (χ0n) is 28.9. The SMILES string of the molecule is CCC1=C(C)C2=NC1=CC1=C(C)C3=C(O)CC(=C4NC(=CC5=NC(=C2)C(CCSc2ccc(OC)cc2)=C5C)[C@@H](C)[C@@H]4CCC(=O)O)C3=N1. The average molecular weight is 675 g/mol. The predicted octanol–water partition coefficient (Wildman–Crippen LogP) is 8.71. The Labute approximate surface area is 292 Å². The van der Waals surface area contributed by atoms with Gasteiger partial charge in [-0.3, -0.25) is 4.79 Å². The molecule has 8 nitrogen and oxygen atoms in total. The van der Waals surface area contributed by atoms with Gasteiger partial charge in [-0.15, -0.1) is 11.8 Å². The van der Waals surface area contributed by atoms with Crippen LogP contribution in [0.5, 0.6) is 5.75 Å². The number of benzene rings is 1. The number of aliphatic hydroxyl groups is 1. The molecular formula is C40H42N4O4S. The van der Waals surface area contributed by atoms with E-state index < -0.39 is 5.97 Å². The summed E-state index contributed by atoms with van der Waals surface area (Å²) >= 11 is 1.81. The molecule has 2 atom stereocenters. The van der Waals surface area contributed by atoms with Gasteiger partial charge in [-0.1, -0.05) is 13.8 Å². The van der Waals surface area contributed by atoms with Gasteiger partial charge in [-0.25, -0.2) is 15.0 Å². The van der Waals surface area contributed by atoms with E-state index in [4.69, 9.17) is 19.7 Å². The van der Waals surface area contributed by atoms with Gasteiger partial charge < -0.3 is 20.3 Å². The highest BCUT2D eigenvalue weighted by Gasteiger charge is 2.41. The molecule has 0 unspecified atom stereocenters. The standard InChI is InChI=1S/C40H42N4O4S/c1-7-26-20(2)31-18-35-27(14-15-49-25-10-8-24(48-6)9-11-25)21(3)30(42-35)17-32-22(4)28(12-13-37(46)47)39(43-32)29-16-36(45)38-23(5)33(44-40(29)38)19-34(26)41-31/h8-11,17-19,22,28,43,45H,7,12-16H2,1-6H3,(H,46,47)/t22-,28-/m0/s1. The molecule has 1 aromatic carbocycles. The van der Waals surface area contributed by atoms with E-state index in [1.165, 1.54) is 16.0 Å². The molecule has 9 heteroatoms. The number of thioether (sulfide) groups is 1. The van der Waals surface area contributed by atoms with Crippen LogP contribution in [0.3, 0.4) is 0 Å². The smallest absolute Gasteiger partial charge is 0.303 e. The van der Waals surface area contributed by atoms with Gasteiger partial charge in [0.2, 0.25) is 0 Å². The summed E-state index contributed by atoms with van der Waals surface area (Å²) in [5.41, 5.74) is 14.5. The summed E-state index contributed by atoms with van der Waals surface area (Å²) in [7, 11) is 1.68. The molecule has 0 radical (unpaired) electrons. The van der Waals surface area contributed by atoms with Crippen LogP contribution in [-0.4, -0.2) is 46.2 Å². The number of carboxylic acids is 1. The molecule has 0 spiro atoms. The summed E-state index contributed by atoms with van der Waals surface area (Å²) in [5, 5.41) is 24.6. The van der Waals surface area contributed by atoms with Crippen molar-refractivity contribution in [2.45, 2.75) is 71.6 Å². The molecule has 0 saturated carbocycles. The number of rotatable bonds is 9. The van der Waals surface area contributed by atoms with Crippen LogP contribution in [0.15, 0.2) is 136 Å². The first-order valence-electron chi connectivity index (χ1n) is 17.0. The lowest BCUT2D eigenvalue weighted by Gasteiger charge is -2.17. The Morgan fingerprint density at radius 2 is 1.67 bits per heavy atom. The van der Waals surface area contributed by atoms with E-state index in [-0.39, 0.29) is 18.3 Å². The van der Waals surface area contributed by atoms with Crippen LogP contribution >= 0.6 is 11.8 Å². The molecule has 5 aliphatic heterocycles. The number of nitrogens with one attached hydrogen (secondary N) is 1. The monoisotopic (exact) mass is 674 g/mol. The predicted molar refractivity (Wildman–Crippen MR) is 197 cm³/mol. The van der Waals surface area contributed by atoms with Gasteiger partial charge in [-0.05, 0) is 110 Å². The van der Waals surface area contributed by atoms with E-state index in [0.717, 1.165) is 97.8 Å². The zero-order valence-corrected chi connectivity index (χ0v) is 29.7. The number of allylic oxidation sites excluding steroid dienone is 12. The number of aliphatic carboxylic acids is 1. The van der Waals surface area contributed by atoms with Crippen molar-refractivity contribution >= 4 is 34.9 Å². The third-order valence-corrected chi connectivity index (χ3v) is 11.5. The maximum Gasteiger partial charge on any atom is 0.303 e. The lowest BCUT2D eigenvalue weighted by Crippen LogP contribution is -2.15. The van der Waals surface area contributed by atoms with Crippen molar-refractivity contribution in [1.29, 1.82) is 0 Å². The molecular weight excluding hydrogens is 633 g/mol. The first-order valence-corrected chi connectivity index (χ1v) is 18.0. The summed E-state index contributed by atoms with van der Waals surface area (Å²) in [5.74, 6) is 1.18. The van der Waals surface area contributed by atoms with Crippen LogP contribution in [0.4, 0.5) is 0 Å². The van der Waals surface area contributed by atoms with E-state index in [2.05, 4.69) is 63.4 Å². The number of ether oxygens (including phenoxy) is 1. The maximum atomic E-state index is 11.8. The van der Waals surface area contributed by atoms with Gasteiger partial charge in [0.25, 0.3) is 0 Å². The van der Waals surface area contributed by atoms with Crippen molar-refractivity contribution in [2.24, 2.45) is 26.8 Å². The number of carboxylic acid groups (broad SMARTS) is 1. The zero-order chi connectivity index (χ0) is 34.6. The third-order valence-electron chi connectivity index (χ3n) is 10.5. The fourth-order valence-electron chi connectivity index (χ4n) is 7.70. The highest BCUT2D eigenvalue weighted by atomic mass is 32.2. The number of methoxy groups -OCH3 is 1. The molecule has 0 amide bonds. The molecule has 8 bridgehead atoms. The third kappa shape index (κ3) is 5.88. The number of nitrogens with zero attached hydrogens (tertiary/aromatic N) is 3. The van der Waals surface area contributed by atoms with Gasteiger partial charge in [0, 0.05) is 57.9 Å². The molecule has 5 heterocycles. The molecule has 252 valence electrons. The molecule has 1 aliphatic carbocycles. The molecule has 1 aromatic rings. The topological polar surface area (TPSA) is 116 Å². The van der Waals surface area contributed by atoms with E-state index in [0.29, 0.717) is 18.6 Å². The minimum absolute atomic E-state index is 0.0247. The first kappa shape index (κ1) is 32.9. The second-order valence-electron chi connectivity index (χ2n) is 13.3. The second-order valence-corrected chi connectivity index (χ2v) is 14.5. The van der Waals surface area contributed by atoms with Crippen LogP contribution in [0.2, 0.25) is 0 Å².